The standard InChI is InChI=1S/C29H29ClN4O3S/c1-5-17(2)20-6-13-24(14-7-20)34-28(37)25-15-8-21(30)16-26(25)33-29(34)38-18(3)27(36)32-23-11-9-22(10-12-23)31-19(4)35/h6-18H,5H2,1-4H3,(H,31,35)(H,32,36). The van der Waals surface area contributed by atoms with Crippen molar-refractivity contribution < 1.29 is 9.59 Å². The van der Waals surface area contributed by atoms with Gasteiger partial charge in [-0.15, -0.1) is 0 Å². The molecule has 0 bridgehead atoms. The Labute approximate surface area is 230 Å². The number of thioether (sulfide) groups is 1. The maximum atomic E-state index is 13.6. The zero-order valence-electron chi connectivity index (χ0n) is 21.6. The van der Waals surface area contributed by atoms with Gasteiger partial charge in [-0.25, -0.2) is 4.98 Å². The molecule has 4 rings (SSSR count). The molecule has 0 radical (unpaired) electrons. The van der Waals surface area contributed by atoms with Gasteiger partial charge in [0.05, 0.1) is 21.8 Å². The Morgan fingerprint density at radius 3 is 2.21 bits per heavy atom. The summed E-state index contributed by atoms with van der Waals surface area (Å²) in [7, 11) is 0. The molecule has 1 heterocycles. The number of rotatable bonds is 8. The molecule has 3 aromatic carbocycles. The van der Waals surface area contributed by atoms with Crippen molar-refractivity contribution in [2.75, 3.05) is 10.6 Å². The normalized spacial score (nSPS) is 12.7. The minimum Gasteiger partial charge on any atom is -0.326 e. The van der Waals surface area contributed by atoms with Gasteiger partial charge in [-0.3, -0.25) is 19.0 Å². The van der Waals surface area contributed by atoms with Crippen LogP contribution in [0.4, 0.5) is 11.4 Å². The minimum absolute atomic E-state index is 0.170. The highest BCUT2D eigenvalue weighted by Gasteiger charge is 2.21. The van der Waals surface area contributed by atoms with Gasteiger partial charge in [-0.05, 0) is 79.4 Å². The molecule has 2 unspecified atom stereocenters. The zero-order valence-corrected chi connectivity index (χ0v) is 23.2. The first-order valence-electron chi connectivity index (χ1n) is 12.3. The molecule has 0 aliphatic heterocycles. The van der Waals surface area contributed by atoms with E-state index in [1.54, 1.807) is 54.0 Å². The lowest BCUT2D eigenvalue weighted by molar-refractivity contribution is -0.115. The molecule has 4 aromatic rings. The monoisotopic (exact) mass is 548 g/mol. The van der Waals surface area contributed by atoms with Crippen molar-refractivity contribution in [1.29, 1.82) is 0 Å². The number of nitrogens with zero attached hydrogens (tertiary/aromatic N) is 2. The third kappa shape index (κ3) is 6.26. The number of carbonyl (C=O) groups is 2. The number of nitrogens with one attached hydrogen (secondary N) is 2. The smallest absolute Gasteiger partial charge is 0.266 e. The van der Waals surface area contributed by atoms with Crippen molar-refractivity contribution in [3.8, 4) is 5.69 Å². The third-order valence-corrected chi connectivity index (χ3v) is 7.54. The summed E-state index contributed by atoms with van der Waals surface area (Å²) >= 11 is 7.38. The number of aromatic nitrogens is 2. The van der Waals surface area contributed by atoms with Crippen LogP contribution in [-0.4, -0.2) is 26.6 Å². The Morgan fingerprint density at radius 2 is 1.61 bits per heavy atom. The van der Waals surface area contributed by atoms with Gasteiger partial charge in [0.2, 0.25) is 11.8 Å². The lowest BCUT2D eigenvalue weighted by Gasteiger charge is -2.17. The molecule has 0 fully saturated rings. The quantitative estimate of drug-likeness (QED) is 0.190. The number of halogens is 1. The van der Waals surface area contributed by atoms with Crippen molar-refractivity contribution >= 4 is 57.5 Å². The molecule has 0 aliphatic rings. The second kappa shape index (κ2) is 11.8. The highest BCUT2D eigenvalue weighted by atomic mass is 35.5. The molecule has 2 atom stereocenters. The highest BCUT2D eigenvalue weighted by molar-refractivity contribution is 8.00. The Balaban J connectivity index is 1.65. The number of benzene rings is 3. The molecule has 0 spiro atoms. The fourth-order valence-electron chi connectivity index (χ4n) is 3.93. The Morgan fingerprint density at radius 1 is 0.974 bits per heavy atom. The summed E-state index contributed by atoms with van der Waals surface area (Å²) in [6.07, 6.45) is 1.02. The van der Waals surface area contributed by atoms with Crippen LogP contribution in [0, 0.1) is 0 Å². The van der Waals surface area contributed by atoms with Gasteiger partial charge in [-0.2, -0.15) is 0 Å². The third-order valence-electron chi connectivity index (χ3n) is 6.26. The summed E-state index contributed by atoms with van der Waals surface area (Å²) in [5.74, 6) is -0.0135. The van der Waals surface area contributed by atoms with Gasteiger partial charge < -0.3 is 10.6 Å². The molecule has 7 nitrogen and oxygen atoms in total. The molecule has 9 heteroatoms. The van der Waals surface area contributed by atoms with E-state index in [1.807, 2.05) is 24.3 Å². The number of anilines is 2. The molecule has 2 N–H and O–H groups in total. The summed E-state index contributed by atoms with van der Waals surface area (Å²) < 4.78 is 1.55. The molecule has 196 valence electrons. The van der Waals surface area contributed by atoms with Crippen molar-refractivity contribution in [1.82, 2.24) is 9.55 Å². The van der Waals surface area contributed by atoms with Crippen LogP contribution in [0.1, 0.15) is 45.6 Å². The predicted octanol–water partition coefficient (Wildman–Crippen LogP) is 6.63. The molecule has 0 saturated carbocycles. The van der Waals surface area contributed by atoms with E-state index in [-0.39, 0.29) is 17.4 Å². The number of hydrogen-bond acceptors (Lipinski definition) is 5. The summed E-state index contributed by atoms with van der Waals surface area (Å²) in [6.45, 7) is 7.50. The van der Waals surface area contributed by atoms with Crippen molar-refractivity contribution in [3.05, 3.63) is 87.7 Å². The Bertz CT molecular complexity index is 1530. The summed E-state index contributed by atoms with van der Waals surface area (Å²) in [5, 5.41) is 6.32. The molecule has 1 aromatic heterocycles. The van der Waals surface area contributed by atoms with E-state index >= 15 is 0 Å². The summed E-state index contributed by atoms with van der Waals surface area (Å²) in [4.78, 5) is 42.6. The van der Waals surface area contributed by atoms with E-state index in [0.717, 1.165) is 6.42 Å². The van der Waals surface area contributed by atoms with Crippen molar-refractivity contribution in [2.24, 2.45) is 0 Å². The van der Waals surface area contributed by atoms with Crippen LogP contribution in [0.25, 0.3) is 16.6 Å². The first kappa shape index (κ1) is 27.4. The van der Waals surface area contributed by atoms with E-state index < -0.39 is 5.25 Å². The molecule has 2 amide bonds. The molecule has 0 aliphatic carbocycles. The lowest BCUT2D eigenvalue weighted by atomic mass is 9.98. The van der Waals surface area contributed by atoms with Gasteiger partial charge in [0.1, 0.15) is 0 Å². The topological polar surface area (TPSA) is 93.1 Å². The number of carbonyl (C=O) groups excluding carboxylic acids is 2. The number of amides is 2. The second-order valence-electron chi connectivity index (χ2n) is 9.11. The van der Waals surface area contributed by atoms with Gasteiger partial charge in [0.25, 0.3) is 5.56 Å². The van der Waals surface area contributed by atoms with E-state index in [4.69, 9.17) is 16.6 Å². The van der Waals surface area contributed by atoms with Crippen LogP contribution >= 0.6 is 23.4 Å². The molecule has 38 heavy (non-hydrogen) atoms. The maximum absolute atomic E-state index is 13.6. The summed E-state index contributed by atoms with van der Waals surface area (Å²) in [6, 6.07) is 19.7. The maximum Gasteiger partial charge on any atom is 0.266 e. The first-order chi connectivity index (χ1) is 18.2. The van der Waals surface area contributed by atoms with E-state index in [1.165, 1.54) is 24.2 Å². The fraction of sp³-hybridized carbons (Fsp3) is 0.241. The van der Waals surface area contributed by atoms with Crippen LogP contribution in [0.2, 0.25) is 5.02 Å². The second-order valence-corrected chi connectivity index (χ2v) is 10.8. The Kier molecular flexibility index (Phi) is 8.54. The van der Waals surface area contributed by atoms with Crippen LogP contribution in [0.15, 0.2) is 76.7 Å². The van der Waals surface area contributed by atoms with E-state index in [2.05, 4.69) is 24.5 Å². The van der Waals surface area contributed by atoms with Crippen molar-refractivity contribution in [3.63, 3.8) is 0 Å². The average molecular weight is 549 g/mol. The lowest BCUT2D eigenvalue weighted by Crippen LogP contribution is -2.26. The largest absolute Gasteiger partial charge is 0.326 e. The number of fused-ring (bicyclic) bond motifs is 1. The first-order valence-corrected chi connectivity index (χ1v) is 13.6. The zero-order chi connectivity index (χ0) is 27.4. The van der Waals surface area contributed by atoms with Crippen molar-refractivity contribution in [2.45, 2.75) is 50.4 Å². The minimum atomic E-state index is -0.570. The van der Waals surface area contributed by atoms with Gasteiger partial charge in [0, 0.05) is 23.3 Å². The van der Waals surface area contributed by atoms with Gasteiger partial charge in [-0.1, -0.05) is 49.3 Å². The van der Waals surface area contributed by atoms with Gasteiger partial charge in [0.15, 0.2) is 5.16 Å². The van der Waals surface area contributed by atoms with Crippen LogP contribution in [-0.2, 0) is 9.59 Å². The van der Waals surface area contributed by atoms with Crippen LogP contribution < -0.4 is 16.2 Å². The average Bonchev–Trinajstić information content (AvgIpc) is 2.89. The molecular weight excluding hydrogens is 520 g/mol. The van der Waals surface area contributed by atoms with Crippen LogP contribution in [0.5, 0.6) is 0 Å². The SMILES string of the molecule is CCC(C)c1ccc(-n2c(SC(C)C(=O)Nc3ccc(NC(C)=O)cc3)nc3cc(Cl)ccc3c2=O)cc1. The summed E-state index contributed by atoms with van der Waals surface area (Å²) in [5.41, 5.74) is 3.34. The predicted molar refractivity (Wildman–Crippen MR) is 156 cm³/mol. The number of hydrogen-bond donors (Lipinski definition) is 2. The Hall–Kier alpha value is -3.62. The van der Waals surface area contributed by atoms with E-state index in [9.17, 15) is 14.4 Å². The fourth-order valence-corrected chi connectivity index (χ4v) is 5.02. The van der Waals surface area contributed by atoms with E-state index in [0.29, 0.717) is 44.1 Å². The van der Waals surface area contributed by atoms with Gasteiger partial charge >= 0.3 is 0 Å². The molecule has 0 saturated heterocycles. The van der Waals surface area contributed by atoms with Crippen LogP contribution in [0.3, 0.4) is 0 Å². The highest BCUT2D eigenvalue weighted by Crippen LogP contribution is 2.28. The molecular formula is C29H29ClN4O3S.